The lowest BCUT2D eigenvalue weighted by Crippen LogP contribution is -2.43. The standard InChI is InChI=1S/C13H28N4.HI/c1-4-16(5-2)10-8-15-13(14)17-9-6-7-12(3)11-17;/h12H,4-11H2,1-3H3,(H2,14,15);1H. The Labute approximate surface area is 129 Å². The van der Waals surface area contributed by atoms with Crippen molar-refractivity contribution in [1.29, 1.82) is 0 Å². The highest BCUT2D eigenvalue weighted by atomic mass is 127. The lowest BCUT2D eigenvalue weighted by molar-refractivity contribution is 0.269. The molecule has 18 heavy (non-hydrogen) atoms. The van der Waals surface area contributed by atoms with Gasteiger partial charge in [0.15, 0.2) is 5.96 Å². The molecular formula is C13H29IN4. The van der Waals surface area contributed by atoms with Crippen LogP contribution in [0.3, 0.4) is 0 Å². The van der Waals surface area contributed by atoms with E-state index in [9.17, 15) is 0 Å². The number of nitrogens with two attached hydrogens (primary N) is 1. The number of likely N-dealkylation sites (N-methyl/N-ethyl adjacent to an activating group) is 1. The van der Waals surface area contributed by atoms with E-state index >= 15 is 0 Å². The number of halogens is 1. The summed E-state index contributed by atoms with van der Waals surface area (Å²) in [6, 6.07) is 0. The van der Waals surface area contributed by atoms with Crippen LogP contribution in [0.2, 0.25) is 0 Å². The predicted octanol–water partition coefficient (Wildman–Crippen LogP) is 1.99. The van der Waals surface area contributed by atoms with E-state index < -0.39 is 0 Å². The largest absolute Gasteiger partial charge is 0.370 e. The Kier molecular flexibility index (Phi) is 9.81. The van der Waals surface area contributed by atoms with Crippen molar-refractivity contribution in [2.45, 2.75) is 33.6 Å². The van der Waals surface area contributed by atoms with Crippen LogP contribution in [0.1, 0.15) is 33.6 Å². The fraction of sp³-hybridized carbons (Fsp3) is 0.923. The second kappa shape index (κ2) is 9.83. The molecule has 0 saturated carbocycles. The maximum atomic E-state index is 6.04. The first-order chi connectivity index (χ1) is 8.17. The Bertz CT molecular complexity index is 241. The minimum atomic E-state index is 0. The van der Waals surface area contributed by atoms with Crippen LogP contribution < -0.4 is 5.73 Å². The van der Waals surface area contributed by atoms with Gasteiger partial charge in [0, 0.05) is 19.6 Å². The number of rotatable bonds is 5. The van der Waals surface area contributed by atoms with Crippen molar-refractivity contribution in [3.63, 3.8) is 0 Å². The van der Waals surface area contributed by atoms with Crippen molar-refractivity contribution in [2.75, 3.05) is 39.3 Å². The Balaban J connectivity index is 0.00000289. The number of hydrogen-bond donors (Lipinski definition) is 1. The second-order valence-electron chi connectivity index (χ2n) is 4.96. The zero-order chi connectivity index (χ0) is 12.7. The van der Waals surface area contributed by atoms with Gasteiger partial charge in [-0.05, 0) is 31.8 Å². The maximum Gasteiger partial charge on any atom is 0.191 e. The summed E-state index contributed by atoms with van der Waals surface area (Å²) >= 11 is 0. The van der Waals surface area contributed by atoms with Gasteiger partial charge in [0.1, 0.15) is 0 Å². The van der Waals surface area contributed by atoms with E-state index in [0.717, 1.165) is 51.1 Å². The summed E-state index contributed by atoms with van der Waals surface area (Å²) in [6.07, 6.45) is 2.57. The van der Waals surface area contributed by atoms with Crippen molar-refractivity contribution in [2.24, 2.45) is 16.6 Å². The number of guanidine groups is 1. The van der Waals surface area contributed by atoms with Crippen molar-refractivity contribution in [1.82, 2.24) is 9.80 Å². The smallest absolute Gasteiger partial charge is 0.191 e. The van der Waals surface area contributed by atoms with Crippen LogP contribution >= 0.6 is 24.0 Å². The highest BCUT2D eigenvalue weighted by Gasteiger charge is 2.17. The Morgan fingerprint density at radius 3 is 2.61 bits per heavy atom. The van der Waals surface area contributed by atoms with Crippen LogP contribution in [0.5, 0.6) is 0 Å². The maximum absolute atomic E-state index is 6.04. The highest BCUT2D eigenvalue weighted by Crippen LogP contribution is 2.14. The first-order valence-electron chi connectivity index (χ1n) is 6.94. The Morgan fingerprint density at radius 2 is 2.06 bits per heavy atom. The van der Waals surface area contributed by atoms with Crippen LogP contribution in [-0.4, -0.2) is 55.0 Å². The number of aliphatic imine (C=N–C) groups is 1. The van der Waals surface area contributed by atoms with Gasteiger partial charge in [-0.3, -0.25) is 4.99 Å². The van der Waals surface area contributed by atoms with Crippen molar-refractivity contribution < 1.29 is 0 Å². The lowest BCUT2D eigenvalue weighted by atomic mass is 10.0. The van der Waals surface area contributed by atoms with E-state index in [1.165, 1.54) is 12.8 Å². The molecule has 0 aromatic rings. The minimum Gasteiger partial charge on any atom is -0.370 e. The Hall–Kier alpha value is -0.0400. The third-order valence-electron chi connectivity index (χ3n) is 3.57. The summed E-state index contributed by atoms with van der Waals surface area (Å²) in [5, 5.41) is 0. The molecule has 0 amide bonds. The Morgan fingerprint density at radius 1 is 1.39 bits per heavy atom. The van der Waals surface area contributed by atoms with Crippen LogP contribution in [-0.2, 0) is 0 Å². The van der Waals surface area contributed by atoms with Gasteiger partial charge >= 0.3 is 0 Å². The molecule has 0 aromatic carbocycles. The van der Waals surface area contributed by atoms with Gasteiger partial charge in [0.2, 0.25) is 0 Å². The first kappa shape index (κ1) is 18.0. The molecule has 0 aromatic heterocycles. The number of piperidine rings is 1. The summed E-state index contributed by atoms with van der Waals surface area (Å²) < 4.78 is 0. The normalized spacial score (nSPS) is 21.0. The van der Waals surface area contributed by atoms with Gasteiger partial charge in [-0.1, -0.05) is 20.8 Å². The third-order valence-corrected chi connectivity index (χ3v) is 3.57. The lowest BCUT2D eigenvalue weighted by Gasteiger charge is -2.31. The van der Waals surface area contributed by atoms with Crippen LogP contribution in [0.25, 0.3) is 0 Å². The molecule has 0 radical (unpaired) electrons. The summed E-state index contributed by atoms with van der Waals surface area (Å²) in [6.45, 7) is 12.8. The van der Waals surface area contributed by atoms with E-state index in [1.807, 2.05) is 0 Å². The van der Waals surface area contributed by atoms with Crippen molar-refractivity contribution >= 4 is 29.9 Å². The predicted molar refractivity (Wildman–Crippen MR) is 89.7 cm³/mol. The molecule has 1 rings (SSSR count). The van der Waals surface area contributed by atoms with Gasteiger partial charge < -0.3 is 15.5 Å². The first-order valence-corrected chi connectivity index (χ1v) is 6.94. The monoisotopic (exact) mass is 368 g/mol. The van der Waals surface area contributed by atoms with Crippen molar-refractivity contribution in [3.05, 3.63) is 0 Å². The van der Waals surface area contributed by atoms with Gasteiger partial charge in [0.25, 0.3) is 0 Å². The molecule has 1 fully saturated rings. The average molecular weight is 368 g/mol. The van der Waals surface area contributed by atoms with Gasteiger partial charge in [0.05, 0.1) is 6.54 Å². The number of nitrogens with zero attached hydrogens (tertiary/aromatic N) is 3. The van der Waals surface area contributed by atoms with E-state index in [-0.39, 0.29) is 24.0 Å². The molecule has 4 nitrogen and oxygen atoms in total. The van der Waals surface area contributed by atoms with E-state index in [2.05, 4.69) is 35.6 Å². The van der Waals surface area contributed by atoms with Crippen LogP contribution in [0.15, 0.2) is 4.99 Å². The average Bonchev–Trinajstić information content (AvgIpc) is 2.34. The van der Waals surface area contributed by atoms with Gasteiger partial charge in [-0.15, -0.1) is 24.0 Å². The van der Waals surface area contributed by atoms with Crippen LogP contribution in [0, 0.1) is 5.92 Å². The molecule has 0 aliphatic carbocycles. The van der Waals surface area contributed by atoms with Crippen molar-refractivity contribution in [3.8, 4) is 0 Å². The minimum absolute atomic E-state index is 0. The third kappa shape index (κ3) is 6.22. The number of likely N-dealkylation sites (tertiary alicyclic amines) is 1. The fourth-order valence-electron chi connectivity index (χ4n) is 2.34. The van der Waals surface area contributed by atoms with E-state index in [1.54, 1.807) is 0 Å². The molecule has 1 aliphatic heterocycles. The quantitative estimate of drug-likeness (QED) is 0.459. The molecule has 0 bridgehead atoms. The summed E-state index contributed by atoms with van der Waals surface area (Å²) in [4.78, 5) is 9.10. The molecule has 2 N–H and O–H groups in total. The highest BCUT2D eigenvalue weighted by molar-refractivity contribution is 14.0. The summed E-state index contributed by atoms with van der Waals surface area (Å²) in [7, 11) is 0. The van der Waals surface area contributed by atoms with E-state index in [0.29, 0.717) is 0 Å². The molecule has 1 heterocycles. The summed E-state index contributed by atoms with van der Waals surface area (Å²) in [5.74, 6) is 1.49. The molecule has 1 atom stereocenters. The van der Waals surface area contributed by atoms with Crippen LogP contribution in [0.4, 0.5) is 0 Å². The molecule has 1 unspecified atom stereocenters. The zero-order valence-corrected chi connectivity index (χ0v) is 14.4. The van der Waals surface area contributed by atoms with Gasteiger partial charge in [-0.25, -0.2) is 0 Å². The zero-order valence-electron chi connectivity index (χ0n) is 12.1. The fourth-order valence-corrected chi connectivity index (χ4v) is 2.34. The molecule has 108 valence electrons. The molecule has 5 heteroatoms. The molecule has 1 aliphatic rings. The molecule has 1 saturated heterocycles. The number of hydrogen-bond acceptors (Lipinski definition) is 2. The second-order valence-corrected chi connectivity index (χ2v) is 4.96. The van der Waals surface area contributed by atoms with E-state index in [4.69, 9.17) is 5.73 Å². The summed E-state index contributed by atoms with van der Waals surface area (Å²) in [5.41, 5.74) is 6.04. The molecule has 0 spiro atoms. The molecular weight excluding hydrogens is 339 g/mol. The SMILES string of the molecule is CCN(CC)CCN=C(N)N1CCCC(C)C1.I. The van der Waals surface area contributed by atoms with Gasteiger partial charge in [-0.2, -0.15) is 0 Å². The topological polar surface area (TPSA) is 44.9 Å².